The number of allylic oxidation sites excluding steroid dienone is 1. The second kappa shape index (κ2) is 6.99. The fourth-order valence-corrected chi connectivity index (χ4v) is 4.15. The molecule has 0 saturated carbocycles. The molecule has 1 aromatic carbocycles. The van der Waals surface area contributed by atoms with E-state index in [1.807, 2.05) is 6.08 Å². The van der Waals surface area contributed by atoms with Gasteiger partial charge in [-0.05, 0) is 30.2 Å². The average molecular weight is 376 g/mol. The van der Waals surface area contributed by atoms with Gasteiger partial charge in [-0.1, -0.05) is 11.3 Å². The molecule has 1 aromatic heterocycles. The van der Waals surface area contributed by atoms with Crippen LogP contribution in [0.25, 0.3) is 5.57 Å². The summed E-state index contributed by atoms with van der Waals surface area (Å²) in [6.45, 7) is 0.714. The van der Waals surface area contributed by atoms with E-state index in [2.05, 4.69) is 10.3 Å². The molecule has 7 nitrogen and oxygen atoms in total. The Labute approximate surface area is 151 Å². The van der Waals surface area contributed by atoms with Crippen molar-refractivity contribution < 1.29 is 18.1 Å². The van der Waals surface area contributed by atoms with Crippen molar-refractivity contribution in [2.45, 2.75) is 19.1 Å². The Morgan fingerprint density at radius 1 is 1.38 bits per heavy atom. The number of aromatic nitrogens is 3. The summed E-state index contributed by atoms with van der Waals surface area (Å²) in [6.07, 6.45) is 4.79. The topological polar surface area (TPSA) is 77.3 Å². The Morgan fingerprint density at radius 3 is 2.96 bits per heavy atom. The first-order valence-corrected chi connectivity index (χ1v) is 9.75. The molecule has 0 unspecified atom stereocenters. The van der Waals surface area contributed by atoms with Gasteiger partial charge < -0.3 is 4.74 Å². The maximum absolute atomic E-state index is 14.6. The second-order valence-electron chi connectivity index (χ2n) is 6.20. The quantitative estimate of drug-likeness (QED) is 0.815. The highest BCUT2D eigenvalue weighted by Crippen LogP contribution is 2.29. The second-order valence-corrected chi connectivity index (χ2v) is 7.82. The van der Waals surface area contributed by atoms with Crippen LogP contribution in [0.2, 0.25) is 0 Å². The van der Waals surface area contributed by atoms with Gasteiger partial charge in [0.1, 0.15) is 11.9 Å². The highest BCUT2D eigenvalue weighted by Gasteiger charge is 2.33. The van der Waals surface area contributed by atoms with Gasteiger partial charge in [0.25, 0.3) is 0 Å². The standard InChI is InChI=1S/C17H17FN4O3S/c18-16-9-13(1-2-15(16)12-3-7-26(24)8-4-12)22-11-14(25-17(22)23)10-21-6-5-19-20-21/h1-3,5-6,9,14H,4,7-8,10-11H2/t14-,26-/m0/s1. The Morgan fingerprint density at radius 2 is 2.27 bits per heavy atom. The van der Waals surface area contributed by atoms with Crippen LogP contribution in [0.4, 0.5) is 14.9 Å². The van der Waals surface area contributed by atoms with Crippen molar-refractivity contribution >= 4 is 28.2 Å². The molecule has 2 aliphatic rings. The summed E-state index contributed by atoms with van der Waals surface area (Å²) in [5, 5.41) is 7.57. The van der Waals surface area contributed by atoms with Crippen LogP contribution in [0.15, 0.2) is 36.7 Å². The van der Waals surface area contributed by atoms with Gasteiger partial charge in [0.05, 0.1) is 25.0 Å². The molecule has 0 N–H and O–H groups in total. The van der Waals surface area contributed by atoms with Crippen molar-refractivity contribution in [1.82, 2.24) is 15.0 Å². The summed E-state index contributed by atoms with van der Waals surface area (Å²) in [5.41, 5.74) is 1.82. The van der Waals surface area contributed by atoms with Crippen LogP contribution in [0.1, 0.15) is 12.0 Å². The van der Waals surface area contributed by atoms with Crippen molar-refractivity contribution in [3.8, 4) is 0 Å². The number of nitrogens with zero attached hydrogens (tertiary/aromatic N) is 4. The summed E-state index contributed by atoms with van der Waals surface area (Å²) < 4.78 is 33.0. The molecule has 0 aliphatic carbocycles. The van der Waals surface area contributed by atoms with E-state index in [4.69, 9.17) is 4.74 Å². The van der Waals surface area contributed by atoms with Gasteiger partial charge in [-0.2, -0.15) is 0 Å². The highest BCUT2D eigenvalue weighted by atomic mass is 32.2. The number of rotatable bonds is 4. The van der Waals surface area contributed by atoms with E-state index in [0.29, 0.717) is 42.3 Å². The molecular formula is C17H17FN4O3S. The molecule has 136 valence electrons. The van der Waals surface area contributed by atoms with Gasteiger partial charge in [-0.25, -0.2) is 13.9 Å². The van der Waals surface area contributed by atoms with Crippen molar-refractivity contribution in [2.75, 3.05) is 23.0 Å². The predicted octanol–water partition coefficient (Wildman–Crippen LogP) is 1.98. The van der Waals surface area contributed by atoms with Gasteiger partial charge in [0, 0.05) is 34.1 Å². The molecule has 2 aliphatic heterocycles. The minimum absolute atomic E-state index is 0.319. The van der Waals surface area contributed by atoms with Crippen molar-refractivity contribution in [2.24, 2.45) is 0 Å². The number of hydrogen-bond donors (Lipinski definition) is 0. The summed E-state index contributed by atoms with van der Waals surface area (Å²) in [6, 6.07) is 4.73. The molecule has 0 bridgehead atoms. The Hall–Kier alpha value is -2.55. The molecule has 1 saturated heterocycles. The number of cyclic esters (lactones) is 1. The Bertz CT molecular complexity index is 884. The third-order valence-corrected chi connectivity index (χ3v) is 5.66. The first-order chi connectivity index (χ1) is 12.6. The minimum atomic E-state index is -0.850. The number of carbonyl (C=O) groups excluding carboxylic acids is 1. The first kappa shape index (κ1) is 16.9. The molecule has 0 spiro atoms. The third-order valence-electron chi connectivity index (χ3n) is 4.46. The molecule has 1 amide bonds. The van der Waals surface area contributed by atoms with E-state index in [9.17, 15) is 13.4 Å². The maximum Gasteiger partial charge on any atom is 0.414 e. The number of hydrogen-bond acceptors (Lipinski definition) is 5. The summed E-state index contributed by atoms with van der Waals surface area (Å²) >= 11 is 0. The Kier molecular flexibility index (Phi) is 4.54. The lowest BCUT2D eigenvalue weighted by molar-refractivity contribution is 0.129. The zero-order chi connectivity index (χ0) is 18.1. The largest absolute Gasteiger partial charge is 0.442 e. The van der Waals surface area contributed by atoms with E-state index in [1.165, 1.54) is 11.0 Å². The van der Waals surface area contributed by atoms with Crippen molar-refractivity contribution in [3.63, 3.8) is 0 Å². The molecule has 3 heterocycles. The number of amides is 1. The summed E-state index contributed by atoms with van der Waals surface area (Å²) in [4.78, 5) is 13.6. The van der Waals surface area contributed by atoms with E-state index >= 15 is 0 Å². The monoisotopic (exact) mass is 376 g/mol. The smallest absolute Gasteiger partial charge is 0.414 e. The Balaban J connectivity index is 1.50. The van der Waals surface area contributed by atoms with E-state index < -0.39 is 22.7 Å². The SMILES string of the molecule is O=C1O[C@@H](Cn2ccnn2)CN1c1ccc(C2=CC[S@](=O)CC2)c(F)c1. The van der Waals surface area contributed by atoms with Crippen molar-refractivity contribution in [3.05, 3.63) is 48.0 Å². The lowest BCUT2D eigenvalue weighted by Crippen LogP contribution is -2.26. The maximum atomic E-state index is 14.6. The van der Waals surface area contributed by atoms with Crippen LogP contribution < -0.4 is 4.90 Å². The fraction of sp³-hybridized carbons (Fsp3) is 0.353. The van der Waals surface area contributed by atoms with Crippen LogP contribution in [-0.4, -0.2) is 49.5 Å². The van der Waals surface area contributed by atoms with E-state index in [-0.39, 0.29) is 6.10 Å². The van der Waals surface area contributed by atoms with Crippen LogP contribution in [0, 0.1) is 5.82 Å². The highest BCUT2D eigenvalue weighted by molar-refractivity contribution is 7.85. The molecule has 2 aromatic rings. The van der Waals surface area contributed by atoms with Crippen LogP contribution in [0.5, 0.6) is 0 Å². The normalized spacial score (nSPS) is 23.0. The lowest BCUT2D eigenvalue weighted by atomic mass is 10.0. The fourth-order valence-electron chi connectivity index (χ4n) is 3.15. The van der Waals surface area contributed by atoms with Gasteiger partial charge in [0.15, 0.2) is 0 Å². The number of benzene rings is 1. The zero-order valence-corrected chi connectivity index (χ0v) is 14.7. The lowest BCUT2D eigenvalue weighted by Gasteiger charge is -2.17. The predicted molar refractivity (Wildman–Crippen MR) is 94.5 cm³/mol. The number of anilines is 1. The third kappa shape index (κ3) is 3.39. The van der Waals surface area contributed by atoms with Crippen molar-refractivity contribution in [1.29, 1.82) is 0 Å². The van der Waals surface area contributed by atoms with Gasteiger partial charge in [-0.3, -0.25) is 9.11 Å². The number of halogens is 1. The van der Waals surface area contributed by atoms with Crippen LogP contribution in [-0.2, 0) is 22.1 Å². The summed E-state index contributed by atoms with van der Waals surface area (Å²) in [5.74, 6) is 0.614. The van der Waals surface area contributed by atoms with Gasteiger partial charge in [-0.15, -0.1) is 5.10 Å². The number of ether oxygens (including phenoxy) is 1. The molecule has 4 rings (SSSR count). The van der Waals surface area contributed by atoms with E-state index in [0.717, 1.165) is 5.57 Å². The minimum Gasteiger partial charge on any atom is -0.442 e. The molecule has 1 fully saturated rings. The molecular weight excluding hydrogens is 359 g/mol. The first-order valence-electron chi connectivity index (χ1n) is 8.26. The molecule has 26 heavy (non-hydrogen) atoms. The summed E-state index contributed by atoms with van der Waals surface area (Å²) in [7, 11) is -0.850. The molecule has 2 atom stereocenters. The number of carbonyl (C=O) groups is 1. The molecule has 0 radical (unpaired) electrons. The van der Waals surface area contributed by atoms with Crippen LogP contribution in [0.3, 0.4) is 0 Å². The zero-order valence-electron chi connectivity index (χ0n) is 13.9. The van der Waals surface area contributed by atoms with E-state index in [1.54, 1.807) is 29.2 Å². The van der Waals surface area contributed by atoms with Gasteiger partial charge in [0.2, 0.25) is 0 Å². The molecule has 9 heteroatoms. The average Bonchev–Trinajstić information content (AvgIpc) is 3.26. The van der Waals surface area contributed by atoms with Crippen LogP contribution >= 0.6 is 0 Å². The van der Waals surface area contributed by atoms with Gasteiger partial charge >= 0.3 is 6.09 Å².